The van der Waals surface area contributed by atoms with Crippen LogP contribution in [0.3, 0.4) is 0 Å². The van der Waals surface area contributed by atoms with Gasteiger partial charge in [-0.25, -0.2) is 4.98 Å². The molecule has 0 saturated carbocycles. The summed E-state index contributed by atoms with van der Waals surface area (Å²) in [5.41, 5.74) is 2.75. The fourth-order valence-electron chi connectivity index (χ4n) is 2.53. The number of fused-ring (bicyclic) bond motifs is 1. The number of amides is 1. The van der Waals surface area contributed by atoms with Crippen molar-refractivity contribution in [2.45, 2.75) is 4.90 Å². The second-order valence-corrected chi connectivity index (χ2v) is 8.28. The van der Waals surface area contributed by atoms with Crippen molar-refractivity contribution >= 4 is 62.0 Å². The normalized spacial score (nSPS) is 10.9. The Bertz CT molecular complexity index is 1150. The van der Waals surface area contributed by atoms with E-state index in [0.717, 1.165) is 14.9 Å². The minimum atomic E-state index is -0.0980. The summed E-state index contributed by atoms with van der Waals surface area (Å²) in [5, 5.41) is 3.56. The number of anilines is 1. The number of pyridine rings is 1. The zero-order valence-electron chi connectivity index (χ0n) is 14.4. The van der Waals surface area contributed by atoms with E-state index in [1.54, 1.807) is 42.7 Å². The van der Waals surface area contributed by atoms with Gasteiger partial charge < -0.3 is 9.73 Å². The van der Waals surface area contributed by atoms with Gasteiger partial charge in [-0.2, -0.15) is 0 Å². The number of aromatic nitrogens is 2. The van der Waals surface area contributed by atoms with Gasteiger partial charge in [0.25, 0.3) is 0 Å². The zero-order valence-corrected chi connectivity index (χ0v) is 17.5. The third-order valence-corrected chi connectivity index (χ3v) is 5.50. The number of thioether (sulfide) groups is 1. The predicted molar refractivity (Wildman–Crippen MR) is 116 cm³/mol. The van der Waals surface area contributed by atoms with Gasteiger partial charge in [0.2, 0.25) is 11.8 Å². The van der Waals surface area contributed by atoms with Crippen LogP contribution < -0.4 is 5.32 Å². The maximum absolute atomic E-state index is 12.2. The molecule has 0 radical (unpaired) electrons. The molecular weight excluding hydrogens is 462 g/mol. The van der Waals surface area contributed by atoms with Gasteiger partial charge in [0.15, 0.2) is 5.58 Å². The molecule has 0 unspecified atom stereocenters. The predicted octanol–water partition coefficient (Wildman–Crippen LogP) is 6.04. The van der Waals surface area contributed by atoms with Gasteiger partial charge in [0, 0.05) is 32.5 Å². The van der Waals surface area contributed by atoms with Crippen molar-refractivity contribution in [3.05, 3.63) is 70.4 Å². The average molecular weight is 475 g/mol. The Morgan fingerprint density at radius 3 is 2.75 bits per heavy atom. The lowest BCUT2D eigenvalue weighted by molar-refractivity contribution is -0.113. The van der Waals surface area contributed by atoms with Crippen LogP contribution in [0.25, 0.3) is 22.6 Å². The van der Waals surface area contributed by atoms with Gasteiger partial charge in [-0.3, -0.25) is 9.78 Å². The minimum absolute atomic E-state index is 0.0980. The number of benzene rings is 2. The van der Waals surface area contributed by atoms with Crippen LogP contribution in [0.1, 0.15) is 0 Å². The van der Waals surface area contributed by atoms with E-state index in [0.29, 0.717) is 33.5 Å². The molecule has 4 aromatic rings. The molecule has 5 nitrogen and oxygen atoms in total. The molecule has 2 aromatic heterocycles. The number of hydrogen-bond acceptors (Lipinski definition) is 5. The average Bonchev–Trinajstić information content (AvgIpc) is 3.11. The molecule has 0 fully saturated rings. The number of carbonyl (C=O) groups excluding carboxylic acids is 1. The van der Waals surface area contributed by atoms with Crippen LogP contribution in [0, 0.1) is 0 Å². The second kappa shape index (κ2) is 8.34. The van der Waals surface area contributed by atoms with E-state index in [2.05, 4.69) is 31.2 Å². The summed E-state index contributed by atoms with van der Waals surface area (Å²) in [7, 11) is 0. The van der Waals surface area contributed by atoms with E-state index in [9.17, 15) is 4.79 Å². The van der Waals surface area contributed by atoms with E-state index in [-0.39, 0.29) is 5.91 Å². The standard InChI is InChI=1S/C20H13BrClN3O2S/c21-13-7-12(9-23-10-13)20-25-17-8-15(3-6-18(17)27-20)24-19(26)11-28-16-4-1-14(22)2-5-16/h1-10H,11H2,(H,24,26). The molecule has 0 atom stereocenters. The van der Waals surface area contributed by atoms with Crippen molar-refractivity contribution in [1.82, 2.24) is 9.97 Å². The van der Waals surface area contributed by atoms with Crippen molar-refractivity contribution in [3.63, 3.8) is 0 Å². The lowest BCUT2D eigenvalue weighted by atomic mass is 10.3. The van der Waals surface area contributed by atoms with Crippen LogP contribution >= 0.6 is 39.3 Å². The summed E-state index contributed by atoms with van der Waals surface area (Å²) in [4.78, 5) is 21.8. The fraction of sp³-hybridized carbons (Fsp3) is 0.0500. The van der Waals surface area contributed by atoms with Crippen LogP contribution in [0.2, 0.25) is 5.02 Å². The lowest BCUT2D eigenvalue weighted by Gasteiger charge is -2.05. The molecule has 4 rings (SSSR count). The zero-order chi connectivity index (χ0) is 19.5. The van der Waals surface area contributed by atoms with Crippen molar-refractivity contribution in [2.24, 2.45) is 0 Å². The molecule has 140 valence electrons. The van der Waals surface area contributed by atoms with Crippen molar-refractivity contribution < 1.29 is 9.21 Å². The maximum Gasteiger partial charge on any atom is 0.234 e. The third kappa shape index (κ3) is 4.55. The number of carbonyl (C=O) groups is 1. The summed E-state index contributed by atoms with van der Waals surface area (Å²) >= 11 is 10.7. The number of rotatable bonds is 5. The number of nitrogens with one attached hydrogen (secondary N) is 1. The molecule has 0 aliphatic heterocycles. The third-order valence-electron chi connectivity index (χ3n) is 3.81. The van der Waals surface area contributed by atoms with Crippen molar-refractivity contribution in [2.75, 3.05) is 11.1 Å². The Kier molecular flexibility index (Phi) is 5.66. The van der Waals surface area contributed by atoms with Gasteiger partial charge in [0.1, 0.15) is 5.52 Å². The first-order chi connectivity index (χ1) is 13.6. The molecule has 28 heavy (non-hydrogen) atoms. The Morgan fingerprint density at radius 1 is 1.14 bits per heavy atom. The van der Waals surface area contributed by atoms with E-state index < -0.39 is 0 Å². The smallest absolute Gasteiger partial charge is 0.234 e. The maximum atomic E-state index is 12.2. The quantitative estimate of drug-likeness (QED) is 0.357. The highest BCUT2D eigenvalue weighted by atomic mass is 79.9. The molecule has 0 saturated heterocycles. The molecule has 0 spiro atoms. The Labute approximate surface area is 178 Å². The molecule has 1 amide bonds. The first-order valence-corrected chi connectivity index (χ1v) is 10.4. The molecule has 1 N–H and O–H groups in total. The molecule has 2 aromatic carbocycles. The van der Waals surface area contributed by atoms with Gasteiger partial charge in [-0.1, -0.05) is 11.6 Å². The van der Waals surface area contributed by atoms with Crippen LogP contribution in [-0.4, -0.2) is 21.6 Å². The minimum Gasteiger partial charge on any atom is -0.436 e. The number of nitrogens with zero attached hydrogens (tertiary/aromatic N) is 2. The van der Waals surface area contributed by atoms with Gasteiger partial charge in [0.05, 0.1) is 11.3 Å². The van der Waals surface area contributed by atoms with Crippen LogP contribution in [-0.2, 0) is 4.79 Å². The highest BCUT2D eigenvalue weighted by molar-refractivity contribution is 9.10. The Morgan fingerprint density at radius 2 is 1.96 bits per heavy atom. The monoisotopic (exact) mass is 473 g/mol. The van der Waals surface area contributed by atoms with Crippen molar-refractivity contribution in [3.8, 4) is 11.5 Å². The molecule has 0 aliphatic carbocycles. The largest absolute Gasteiger partial charge is 0.436 e. The van der Waals surface area contributed by atoms with Crippen molar-refractivity contribution in [1.29, 1.82) is 0 Å². The van der Waals surface area contributed by atoms with E-state index >= 15 is 0 Å². The van der Waals surface area contributed by atoms with Gasteiger partial charge >= 0.3 is 0 Å². The first kappa shape index (κ1) is 19.0. The highest BCUT2D eigenvalue weighted by Gasteiger charge is 2.11. The highest BCUT2D eigenvalue weighted by Crippen LogP contribution is 2.27. The summed E-state index contributed by atoms with van der Waals surface area (Å²) < 4.78 is 6.63. The fourth-order valence-corrected chi connectivity index (χ4v) is 3.72. The van der Waals surface area contributed by atoms with Gasteiger partial charge in [-0.15, -0.1) is 11.8 Å². The molecular formula is C20H13BrClN3O2S. The van der Waals surface area contributed by atoms with E-state index in [1.807, 2.05) is 18.2 Å². The summed E-state index contributed by atoms with van der Waals surface area (Å²) in [5.74, 6) is 0.678. The molecule has 2 heterocycles. The van der Waals surface area contributed by atoms with Crippen LogP contribution in [0.15, 0.2) is 74.7 Å². The molecule has 0 aliphatic rings. The number of oxazole rings is 1. The topological polar surface area (TPSA) is 68.0 Å². The van der Waals surface area contributed by atoms with Crippen LogP contribution in [0.4, 0.5) is 5.69 Å². The number of hydrogen-bond donors (Lipinski definition) is 1. The Hall–Kier alpha value is -2.35. The Balaban J connectivity index is 1.45. The van der Waals surface area contributed by atoms with Gasteiger partial charge in [-0.05, 0) is 64.5 Å². The van der Waals surface area contributed by atoms with E-state index in [4.69, 9.17) is 16.0 Å². The molecule has 0 bridgehead atoms. The van der Waals surface area contributed by atoms with Crippen LogP contribution in [0.5, 0.6) is 0 Å². The second-order valence-electron chi connectivity index (χ2n) is 5.88. The summed E-state index contributed by atoms with van der Waals surface area (Å²) in [6, 6.07) is 14.6. The van der Waals surface area contributed by atoms with E-state index in [1.165, 1.54) is 11.8 Å². The summed E-state index contributed by atoms with van der Waals surface area (Å²) in [6.07, 6.45) is 3.38. The lowest BCUT2D eigenvalue weighted by Crippen LogP contribution is -2.13. The summed E-state index contributed by atoms with van der Waals surface area (Å²) in [6.45, 7) is 0. The SMILES string of the molecule is O=C(CSc1ccc(Cl)cc1)Nc1ccc2oc(-c3cncc(Br)c3)nc2c1. The number of halogens is 2. The first-order valence-electron chi connectivity index (χ1n) is 8.26. The molecule has 8 heteroatoms.